The fourth-order valence-corrected chi connectivity index (χ4v) is 1.21. The summed E-state index contributed by atoms with van der Waals surface area (Å²) in [5, 5.41) is 0. The van der Waals surface area contributed by atoms with Gasteiger partial charge in [0.2, 0.25) is 0 Å². The number of aromatic nitrogens is 4. The second kappa shape index (κ2) is 3.34. The topological polar surface area (TPSA) is 34.6 Å². The third-order valence-corrected chi connectivity index (χ3v) is 1.73. The van der Waals surface area contributed by atoms with Crippen LogP contribution in [0.5, 0.6) is 0 Å². The molecule has 0 aliphatic carbocycles. The first-order valence-corrected chi connectivity index (χ1v) is 3.39. The molecule has 64 valence electrons. The molecule has 2 rings (SSSR count). The summed E-state index contributed by atoms with van der Waals surface area (Å²) in [6, 6.07) is 0. The van der Waals surface area contributed by atoms with Crippen molar-refractivity contribution in [2.75, 3.05) is 0 Å². The van der Waals surface area contributed by atoms with E-state index in [1.54, 1.807) is 6.33 Å². The van der Waals surface area contributed by atoms with Crippen LogP contribution in [0.1, 0.15) is 0 Å². The van der Waals surface area contributed by atoms with Crippen molar-refractivity contribution in [2.24, 2.45) is 14.1 Å². The van der Waals surface area contributed by atoms with Crippen molar-refractivity contribution in [1.29, 1.82) is 0 Å². The minimum absolute atomic E-state index is 0. The molecular weight excluding hydrogens is 267 g/mol. The largest absolute Gasteiger partial charge is 1.00 e. The van der Waals surface area contributed by atoms with Gasteiger partial charge in [-0.25, -0.2) is 9.55 Å². The van der Waals surface area contributed by atoms with Crippen molar-refractivity contribution in [3.05, 3.63) is 18.9 Å². The average molecular weight is 276 g/mol. The molecule has 0 unspecified atom stereocenters. The van der Waals surface area contributed by atoms with Crippen molar-refractivity contribution in [2.45, 2.75) is 0 Å². The van der Waals surface area contributed by atoms with Crippen LogP contribution in [0.25, 0.3) is 11.2 Å². The minimum Gasteiger partial charge on any atom is -1.00 e. The van der Waals surface area contributed by atoms with E-state index in [2.05, 4.69) is 9.97 Å². The average Bonchev–Trinajstić information content (AvgIpc) is 2.30. The molecule has 0 spiro atoms. The fourth-order valence-electron chi connectivity index (χ4n) is 1.21. The molecule has 0 radical (unpaired) electrons. The number of imidazole rings is 1. The van der Waals surface area contributed by atoms with Crippen LogP contribution >= 0.6 is 0 Å². The molecule has 2 heterocycles. The summed E-state index contributed by atoms with van der Waals surface area (Å²) in [5.41, 5.74) is 2.01. The van der Waals surface area contributed by atoms with Gasteiger partial charge < -0.3 is 24.0 Å². The van der Waals surface area contributed by atoms with Crippen LogP contribution in [-0.2, 0) is 14.1 Å². The summed E-state index contributed by atoms with van der Waals surface area (Å²) in [6.07, 6.45) is 5.34. The monoisotopic (exact) mass is 276 g/mol. The van der Waals surface area contributed by atoms with E-state index in [4.69, 9.17) is 0 Å². The predicted molar refractivity (Wildman–Crippen MR) is 39.7 cm³/mol. The first kappa shape index (κ1) is 9.37. The first-order chi connectivity index (χ1) is 5.29. The number of rotatable bonds is 0. The van der Waals surface area contributed by atoms with Gasteiger partial charge in [-0.1, -0.05) is 4.98 Å². The van der Waals surface area contributed by atoms with Gasteiger partial charge in [0, 0.05) is 0 Å². The maximum absolute atomic E-state index is 4.13. The van der Waals surface area contributed by atoms with Gasteiger partial charge >= 0.3 is 5.65 Å². The lowest BCUT2D eigenvalue weighted by Crippen LogP contribution is -3.00. The zero-order chi connectivity index (χ0) is 7.84. The predicted octanol–water partition coefficient (Wildman–Crippen LogP) is -3.20. The highest BCUT2D eigenvalue weighted by atomic mass is 127. The zero-order valence-corrected chi connectivity index (χ0v) is 9.06. The first-order valence-electron chi connectivity index (χ1n) is 3.39. The number of fused-ring (bicyclic) bond motifs is 1. The van der Waals surface area contributed by atoms with Crippen LogP contribution in [0, 0.1) is 0 Å². The Balaban J connectivity index is 0.000000720. The van der Waals surface area contributed by atoms with E-state index in [1.165, 1.54) is 0 Å². The van der Waals surface area contributed by atoms with Gasteiger partial charge in [0.15, 0.2) is 18.2 Å². The molecule has 0 aliphatic heterocycles. The summed E-state index contributed by atoms with van der Waals surface area (Å²) in [7, 11) is 3.95. The van der Waals surface area contributed by atoms with Crippen LogP contribution in [0.3, 0.4) is 0 Å². The summed E-state index contributed by atoms with van der Waals surface area (Å²) < 4.78 is 3.96. The highest BCUT2D eigenvalue weighted by Gasteiger charge is 2.09. The second-order valence-electron chi connectivity index (χ2n) is 2.57. The lowest BCUT2D eigenvalue weighted by atomic mass is 10.5. The van der Waals surface area contributed by atoms with E-state index < -0.39 is 0 Å². The van der Waals surface area contributed by atoms with E-state index in [-0.39, 0.29) is 24.0 Å². The number of hydrogen-bond donors (Lipinski definition) is 0. The zero-order valence-electron chi connectivity index (χ0n) is 6.90. The molecule has 0 atom stereocenters. The van der Waals surface area contributed by atoms with E-state index in [0.29, 0.717) is 0 Å². The van der Waals surface area contributed by atoms with Gasteiger partial charge in [0.05, 0.1) is 20.3 Å². The Labute approximate surface area is 87.3 Å². The van der Waals surface area contributed by atoms with E-state index in [9.17, 15) is 0 Å². The van der Waals surface area contributed by atoms with Crippen molar-refractivity contribution >= 4 is 11.2 Å². The third-order valence-electron chi connectivity index (χ3n) is 1.73. The molecule has 5 heteroatoms. The molecule has 2 aromatic heterocycles. The Morgan fingerprint density at radius 3 is 2.92 bits per heavy atom. The van der Waals surface area contributed by atoms with Gasteiger partial charge in [-0.15, -0.1) is 0 Å². The number of nitrogens with zero attached hydrogens (tertiary/aromatic N) is 4. The highest BCUT2D eigenvalue weighted by Crippen LogP contribution is 2.01. The summed E-state index contributed by atoms with van der Waals surface area (Å²) in [5.74, 6) is 0. The third kappa shape index (κ3) is 1.28. The number of hydrogen-bond acceptors (Lipinski definition) is 2. The maximum Gasteiger partial charge on any atom is 0.304 e. The Hall–Kier alpha value is -0.720. The smallest absolute Gasteiger partial charge is 0.304 e. The van der Waals surface area contributed by atoms with E-state index >= 15 is 0 Å². The Morgan fingerprint density at radius 1 is 1.50 bits per heavy atom. The molecule has 0 amide bonds. The molecular formula is C7H9IN4. The lowest BCUT2D eigenvalue weighted by Gasteiger charge is -1.81. The molecule has 0 fully saturated rings. The lowest BCUT2D eigenvalue weighted by molar-refractivity contribution is -0.647. The SMILES string of the molecule is Cn1c[n+](C)c2ncncc21.[I-]. The normalized spacial score (nSPS) is 9.83. The second-order valence-corrected chi connectivity index (χ2v) is 2.57. The fraction of sp³-hybridized carbons (Fsp3) is 0.286. The van der Waals surface area contributed by atoms with Gasteiger partial charge in [0.25, 0.3) is 0 Å². The Morgan fingerprint density at radius 2 is 2.25 bits per heavy atom. The summed E-state index contributed by atoms with van der Waals surface area (Å²) >= 11 is 0. The van der Waals surface area contributed by atoms with E-state index in [1.807, 2.05) is 35.8 Å². The van der Waals surface area contributed by atoms with Crippen molar-refractivity contribution in [3.63, 3.8) is 0 Å². The van der Waals surface area contributed by atoms with Crippen molar-refractivity contribution < 1.29 is 28.5 Å². The molecule has 0 aliphatic rings. The molecule has 0 saturated carbocycles. The highest BCUT2D eigenvalue weighted by molar-refractivity contribution is 5.65. The van der Waals surface area contributed by atoms with Crippen LogP contribution < -0.4 is 28.5 Å². The molecule has 0 bridgehead atoms. The maximum atomic E-state index is 4.13. The molecule has 0 saturated heterocycles. The minimum atomic E-state index is 0. The van der Waals surface area contributed by atoms with E-state index in [0.717, 1.165) is 11.2 Å². The summed E-state index contributed by atoms with van der Waals surface area (Å²) in [6.45, 7) is 0. The molecule has 4 nitrogen and oxygen atoms in total. The standard InChI is InChI=1S/C7H9N4.HI/c1-10-5-11(2)7-6(10)3-8-4-9-7;/h3-5H,1-2H3;1H/q+1;/p-1. The number of aryl methyl sites for hydroxylation is 2. The molecule has 0 N–H and O–H groups in total. The molecule has 12 heavy (non-hydrogen) atoms. The molecule has 2 aromatic rings. The molecule has 0 aromatic carbocycles. The van der Waals surface area contributed by atoms with Gasteiger partial charge in [0.1, 0.15) is 0 Å². The van der Waals surface area contributed by atoms with Gasteiger partial charge in [-0.2, -0.15) is 0 Å². The van der Waals surface area contributed by atoms with Crippen LogP contribution in [0.15, 0.2) is 18.9 Å². The Bertz CT molecular complexity index is 359. The quantitative estimate of drug-likeness (QED) is 0.375. The Kier molecular flexibility index (Phi) is 2.61. The van der Waals surface area contributed by atoms with Crippen molar-refractivity contribution in [1.82, 2.24) is 14.5 Å². The van der Waals surface area contributed by atoms with Gasteiger partial charge in [-0.3, -0.25) is 4.57 Å². The number of halogens is 1. The van der Waals surface area contributed by atoms with Crippen LogP contribution in [0.4, 0.5) is 0 Å². The van der Waals surface area contributed by atoms with Crippen LogP contribution in [-0.4, -0.2) is 14.5 Å². The summed E-state index contributed by atoms with van der Waals surface area (Å²) in [4.78, 5) is 8.07. The van der Waals surface area contributed by atoms with Gasteiger partial charge in [-0.05, 0) is 0 Å². The van der Waals surface area contributed by atoms with Crippen LogP contribution in [0.2, 0.25) is 0 Å². The van der Waals surface area contributed by atoms with Crippen molar-refractivity contribution in [3.8, 4) is 0 Å².